The van der Waals surface area contributed by atoms with Gasteiger partial charge in [0.25, 0.3) is 0 Å². The summed E-state index contributed by atoms with van der Waals surface area (Å²) in [5, 5.41) is 9.44. The maximum Gasteiger partial charge on any atom is 0.317 e. The molecule has 0 bridgehead atoms. The second-order valence-electron chi connectivity index (χ2n) is 7.73. The van der Waals surface area contributed by atoms with Gasteiger partial charge in [-0.15, -0.1) is 0 Å². The van der Waals surface area contributed by atoms with Crippen molar-refractivity contribution in [3.63, 3.8) is 0 Å². The van der Waals surface area contributed by atoms with Crippen LogP contribution in [0.5, 0.6) is 11.5 Å². The Labute approximate surface area is 154 Å². The largest absolute Gasteiger partial charge is 0.468 e. The fourth-order valence-corrected chi connectivity index (χ4v) is 4.36. The first-order chi connectivity index (χ1) is 12.2. The van der Waals surface area contributed by atoms with Crippen LogP contribution in [0.25, 0.3) is 0 Å². The van der Waals surface area contributed by atoms with Crippen molar-refractivity contribution >= 4 is 5.97 Å². The van der Waals surface area contributed by atoms with E-state index in [4.69, 9.17) is 9.47 Å². The summed E-state index contributed by atoms with van der Waals surface area (Å²) in [4.78, 5) is 12.8. The summed E-state index contributed by atoms with van der Waals surface area (Å²) in [6, 6.07) is 16.8. The van der Waals surface area contributed by atoms with Gasteiger partial charge < -0.3 is 9.47 Å². The Morgan fingerprint density at radius 2 is 1.62 bits per heavy atom. The predicted octanol–water partition coefficient (Wildman–Crippen LogP) is 4.83. The number of esters is 1. The molecule has 4 heteroatoms. The first-order valence-electron chi connectivity index (χ1n) is 8.60. The quantitative estimate of drug-likeness (QED) is 0.742. The number of nitriles is 1. The van der Waals surface area contributed by atoms with Crippen LogP contribution < -0.4 is 4.74 Å². The highest BCUT2D eigenvalue weighted by atomic mass is 16.5. The summed E-state index contributed by atoms with van der Waals surface area (Å²) in [5.41, 5.74) is -0.119. The Hall–Kier alpha value is -2.80. The number of ether oxygens (including phenoxy) is 2. The van der Waals surface area contributed by atoms with Crippen LogP contribution in [-0.4, -0.2) is 13.1 Å². The summed E-state index contributed by atoms with van der Waals surface area (Å²) in [6.07, 6.45) is 0. The molecule has 0 radical (unpaired) electrons. The number of rotatable bonds is 4. The lowest BCUT2D eigenvalue weighted by Gasteiger charge is -2.21. The Balaban J connectivity index is 2.13. The lowest BCUT2D eigenvalue weighted by molar-refractivity contribution is -0.145. The van der Waals surface area contributed by atoms with Crippen LogP contribution in [0.4, 0.5) is 0 Å². The summed E-state index contributed by atoms with van der Waals surface area (Å²) in [7, 11) is 1.42. The van der Waals surface area contributed by atoms with Gasteiger partial charge in [0.2, 0.25) is 0 Å². The normalized spacial score (nSPS) is 18.5. The van der Waals surface area contributed by atoms with E-state index in [1.54, 1.807) is 12.1 Å². The van der Waals surface area contributed by atoms with Crippen LogP contribution in [0.15, 0.2) is 48.5 Å². The second-order valence-corrected chi connectivity index (χ2v) is 7.73. The molecule has 1 aliphatic carbocycles. The zero-order valence-corrected chi connectivity index (χ0v) is 15.8. The van der Waals surface area contributed by atoms with E-state index >= 15 is 0 Å². The van der Waals surface area contributed by atoms with Crippen molar-refractivity contribution in [2.75, 3.05) is 7.11 Å². The van der Waals surface area contributed by atoms with Gasteiger partial charge in [-0.25, -0.2) is 0 Å². The van der Waals surface area contributed by atoms with Crippen LogP contribution in [-0.2, 0) is 14.9 Å². The highest BCUT2D eigenvalue weighted by Gasteiger charge is 2.82. The average Bonchev–Trinajstić information content (AvgIpc) is 3.00. The lowest BCUT2D eigenvalue weighted by Crippen LogP contribution is -2.29. The van der Waals surface area contributed by atoms with Crippen molar-refractivity contribution < 1.29 is 14.3 Å². The fourth-order valence-electron chi connectivity index (χ4n) is 4.36. The first-order valence-corrected chi connectivity index (χ1v) is 8.60. The Morgan fingerprint density at radius 1 is 1.00 bits per heavy atom. The fraction of sp³-hybridized carbons (Fsp3) is 0.364. The molecule has 134 valence electrons. The molecule has 1 fully saturated rings. The van der Waals surface area contributed by atoms with Crippen molar-refractivity contribution in [3.8, 4) is 17.6 Å². The van der Waals surface area contributed by atoms with Crippen molar-refractivity contribution in [1.29, 1.82) is 5.26 Å². The number of para-hydroxylation sites is 1. The molecule has 2 aromatic carbocycles. The summed E-state index contributed by atoms with van der Waals surface area (Å²) in [6.45, 7) is 8.28. The third-order valence-corrected chi connectivity index (χ3v) is 6.37. The van der Waals surface area contributed by atoms with E-state index in [0.29, 0.717) is 17.1 Å². The van der Waals surface area contributed by atoms with Gasteiger partial charge in [-0.2, -0.15) is 5.26 Å². The Bertz CT molecular complexity index is 877. The molecule has 0 N–H and O–H groups in total. The highest BCUT2D eigenvalue weighted by Crippen LogP contribution is 2.78. The molecule has 0 aromatic heterocycles. The van der Waals surface area contributed by atoms with Crippen molar-refractivity contribution in [3.05, 3.63) is 59.7 Å². The monoisotopic (exact) mass is 349 g/mol. The van der Waals surface area contributed by atoms with Crippen LogP contribution in [0.2, 0.25) is 0 Å². The minimum absolute atomic E-state index is 0.261. The zero-order valence-electron chi connectivity index (χ0n) is 15.8. The molecule has 0 unspecified atom stereocenters. The molecule has 3 rings (SSSR count). The lowest BCUT2D eigenvalue weighted by atomic mass is 9.85. The highest BCUT2D eigenvalue weighted by molar-refractivity contribution is 5.91. The van der Waals surface area contributed by atoms with E-state index < -0.39 is 5.41 Å². The topological polar surface area (TPSA) is 59.3 Å². The number of methoxy groups -OCH3 is 1. The van der Waals surface area contributed by atoms with Crippen molar-refractivity contribution in [2.24, 2.45) is 10.8 Å². The number of carbonyl (C=O) groups is 1. The van der Waals surface area contributed by atoms with Gasteiger partial charge in [0, 0.05) is 0 Å². The standard InChI is InChI=1S/C22H23NO3/c1-20(2)21(3,4)22(20,19(24)25-5)16-12-11-15(14-23)18(13-16)26-17-9-7-6-8-10-17/h6-13H,1-5H3. The second kappa shape index (κ2) is 5.88. The van der Waals surface area contributed by atoms with Crippen LogP contribution in [0.1, 0.15) is 38.8 Å². The van der Waals surface area contributed by atoms with Crippen LogP contribution >= 0.6 is 0 Å². The van der Waals surface area contributed by atoms with E-state index in [-0.39, 0.29) is 16.8 Å². The summed E-state index contributed by atoms with van der Waals surface area (Å²) < 4.78 is 11.1. The van der Waals surface area contributed by atoms with Gasteiger partial charge in [0.15, 0.2) is 0 Å². The third kappa shape index (κ3) is 2.17. The van der Waals surface area contributed by atoms with Crippen LogP contribution in [0, 0.1) is 22.2 Å². The Kier molecular flexibility index (Phi) is 4.07. The zero-order chi connectivity index (χ0) is 19.2. The minimum atomic E-state index is -0.780. The molecule has 1 saturated carbocycles. The van der Waals surface area contributed by atoms with Crippen molar-refractivity contribution in [2.45, 2.75) is 33.1 Å². The van der Waals surface area contributed by atoms with E-state index in [2.05, 4.69) is 33.8 Å². The molecule has 0 heterocycles. The maximum atomic E-state index is 12.8. The van der Waals surface area contributed by atoms with Gasteiger partial charge in [-0.1, -0.05) is 52.0 Å². The van der Waals surface area contributed by atoms with E-state index in [1.807, 2.05) is 36.4 Å². The molecule has 0 aliphatic heterocycles. The third-order valence-electron chi connectivity index (χ3n) is 6.37. The SMILES string of the molecule is COC(=O)C1(c2ccc(C#N)c(Oc3ccccc3)c2)C(C)(C)C1(C)C. The minimum Gasteiger partial charge on any atom is -0.468 e. The van der Waals surface area contributed by atoms with Gasteiger partial charge in [0.05, 0.1) is 12.7 Å². The van der Waals surface area contributed by atoms with E-state index in [1.165, 1.54) is 7.11 Å². The summed E-state index contributed by atoms with van der Waals surface area (Å²) >= 11 is 0. The van der Waals surface area contributed by atoms with Gasteiger partial charge in [-0.3, -0.25) is 4.79 Å². The molecular formula is C22H23NO3. The molecule has 1 aliphatic rings. The molecule has 0 saturated heterocycles. The number of carbonyl (C=O) groups excluding carboxylic acids is 1. The maximum absolute atomic E-state index is 12.8. The average molecular weight is 349 g/mol. The number of hydrogen-bond donors (Lipinski definition) is 0. The van der Waals surface area contributed by atoms with Crippen LogP contribution in [0.3, 0.4) is 0 Å². The molecule has 26 heavy (non-hydrogen) atoms. The summed E-state index contributed by atoms with van der Waals surface area (Å²) in [5.74, 6) is 0.823. The first kappa shape index (κ1) is 18.0. The van der Waals surface area contributed by atoms with Gasteiger partial charge in [-0.05, 0) is 40.7 Å². The molecular weight excluding hydrogens is 326 g/mol. The Morgan fingerprint density at radius 3 is 2.12 bits per heavy atom. The number of nitrogens with zero attached hydrogens (tertiary/aromatic N) is 1. The van der Waals surface area contributed by atoms with Gasteiger partial charge in [0.1, 0.15) is 23.0 Å². The molecule has 0 atom stereocenters. The molecule has 4 nitrogen and oxygen atoms in total. The molecule has 2 aromatic rings. The molecule has 0 amide bonds. The number of benzene rings is 2. The number of hydrogen-bond acceptors (Lipinski definition) is 4. The van der Waals surface area contributed by atoms with Crippen molar-refractivity contribution in [1.82, 2.24) is 0 Å². The van der Waals surface area contributed by atoms with Gasteiger partial charge >= 0.3 is 5.97 Å². The van der Waals surface area contributed by atoms with E-state index in [0.717, 1.165) is 5.56 Å². The van der Waals surface area contributed by atoms with E-state index in [9.17, 15) is 10.1 Å². The smallest absolute Gasteiger partial charge is 0.317 e. The predicted molar refractivity (Wildman–Crippen MR) is 98.9 cm³/mol. The molecule has 0 spiro atoms.